The largest absolute Gasteiger partial charge is 0.383 e. The lowest BCUT2D eigenvalue weighted by Gasteiger charge is -2.11. The van der Waals surface area contributed by atoms with Crippen LogP contribution < -0.4 is 5.73 Å². The maximum Gasteiger partial charge on any atom is 0.138 e. The zero-order chi connectivity index (χ0) is 15.7. The molecule has 6 heteroatoms. The van der Waals surface area contributed by atoms with Crippen molar-refractivity contribution in [3.8, 4) is 22.4 Å². The second-order valence-corrected chi connectivity index (χ2v) is 5.51. The molecule has 0 saturated heterocycles. The van der Waals surface area contributed by atoms with Gasteiger partial charge in [0, 0.05) is 35.2 Å². The average Bonchev–Trinajstić information content (AvgIpc) is 2.49. The number of nitrogen functional groups attached to an aromatic ring is 1. The molecule has 110 valence electrons. The maximum atomic E-state index is 13.5. The van der Waals surface area contributed by atoms with Crippen molar-refractivity contribution in [3.05, 3.63) is 64.9 Å². The highest BCUT2D eigenvalue weighted by Crippen LogP contribution is 2.35. The topological polar surface area (TPSA) is 51.8 Å². The molecule has 1 aromatic carbocycles. The Hall–Kier alpha value is -2.34. The molecule has 0 aliphatic rings. The van der Waals surface area contributed by atoms with E-state index in [9.17, 15) is 8.78 Å². The summed E-state index contributed by atoms with van der Waals surface area (Å²) in [4.78, 5) is 8.33. The van der Waals surface area contributed by atoms with Gasteiger partial charge in [0.1, 0.15) is 17.5 Å². The van der Waals surface area contributed by atoms with E-state index in [1.807, 2.05) is 6.07 Å². The fraction of sp³-hybridized carbons (Fsp3) is 0. The number of nitrogens with two attached hydrogens (primary N) is 1. The van der Waals surface area contributed by atoms with Crippen molar-refractivity contribution in [1.29, 1.82) is 0 Å². The lowest BCUT2D eigenvalue weighted by atomic mass is 10.0. The molecule has 2 aromatic heterocycles. The number of rotatable bonds is 2. The van der Waals surface area contributed by atoms with Gasteiger partial charge in [0.2, 0.25) is 0 Å². The summed E-state index contributed by atoms with van der Waals surface area (Å²) in [6, 6.07) is 8.63. The number of halogens is 3. The zero-order valence-corrected chi connectivity index (χ0v) is 12.8. The molecule has 0 bridgehead atoms. The van der Waals surface area contributed by atoms with Crippen LogP contribution in [0.5, 0.6) is 0 Å². The minimum atomic E-state index is -0.671. The Balaban J connectivity index is 2.28. The van der Waals surface area contributed by atoms with Crippen molar-refractivity contribution in [2.75, 3.05) is 5.73 Å². The quantitative estimate of drug-likeness (QED) is 0.734. The Labute approximate surface area is 134 Å². The van der Waals surface area contributed by atoms with E-state index in [1.165, 1.54) is 12.1 Å². The first-order valence-electron chi connectivity index (χ1n) is 6.37. The van der Waals surface area contributed by atoms with Crippen LogP contribution in [-0.4, -0.2) is 9.97 Å². The molecule has 3 nitrogen and oxygen atoms in total. The number of hydrogen-bond acceptors (Lipinski definition) is 3. The van der Waals surface area contributed by atoms with Gasteiger partial charge < -0.3 is 5.73 Å². The second-order valence-electron chi connectivity index (χ2n) is 4.65. The van der Waals surface area contributed by atoms with Gasteiger partial charge in [0.15, 0.2) is 0 Å². The van der Waals surface area contributed by atoms with E-state index in [4.69, 9.17) is 5.73 Å². The molecule has 0 atom stereocenters. The highest BCUT2D eigenvalue weighted by Gasteiger charge is 2.14. The third-order valence-corrected chi connectivity index (χ3v) is 3.75. The Morgan fingerprint density at radius 1 is 1.00 bits per heavy atom. The molecule has 0 amide bonds. The van der Waals surface area contributed by atoms with Gasteiger partial charge in [-0.3, -0.25) is 4.98 Å². The Bertz CT molecular complexity index is 818. The normalized spacial score (nSPS) is 10.7. The number of anilines is 1. The summed E-state index contributed by atoms with van der Waals surface area (Å²) in [5.41, 5.74) is 7.98. The van der Waals surface area contributed by atoms with Gasteiger partial charge in [-0.25, -0.2) is 13.8 Å². The number of nitrogens with zero attached hydrogens (tertiary/aromatic N) is 2. The summed E-state index contributed by atoms with van der Waals surface area (Å²) >= 11 is 3.32. The summed E-state index contributed by atoms with van der Waals surface area (Å²) in [6.07, 6.45) is 3.30. The molecule has 2 N–H and O–H groups in total. The van der Waals surface area contributed by atoms with Crippen molar-refractivity contribution in [2.45, 2.75) is 0 Å². The van der Waals surface area contributed by atoms with Gasteiger partial charge in [-0.15, -0.1) is 0 Å². The Morgan fingerprint density at radius 3 is 2.36 bits per heavy atom. The molecule has 0 spiro atoms. The SMILES string of the molecule is Nc1nc(-c2cc(F)cc(F)c2)c(-c2cccnc2)cc1Br. The molecule has 3 aromatic rings. The van der Waals surface area contributed by atoms with E-state index in [2.05, 4.69) is 25.9 Å². The average molecular weight is 362 g/mol. The molecule has 0 aliphatic carbocycles. The van der Waals surface area contributed by atoms with Crippen LogP contribution in [0.1, 0.15) is 0 Å². The highest BCUT2D eigenvalue weighted by molar-refractivity contribution is 9.10. The first-order chi connectivity index (χ1) is 10.5. The van der Waals surface area contributed by atoms with Gasteiger partial charge in [-0.2, -0.15) is 0 Å². The Kier molecular flexibility index (Phi) is 3.85. The number of benzene rings is 1. The predicted octanol–water partition coefficient (Wildman–Crippen LogP) is 4.43. The summed E-state index contributed by atoms with van der Waals surface area (Å²) < 4.78 is 27.6. The molecule has 3 rings (SSSR count). The van der Waals surface area contributed by atoms with E-state index in [0.29, 0.717) is 21.3 Å². The van der Waals surface area contributed by atoms with Crippen LogP contribution in [0, 0.1) is 11.6 Å². The lowest BCUT2D eigenvalue weighted by molar-refractivity contribution is 0.584. The van der Waals surface area contributed by atoms with E-state index in [-0.39, 0.29) is 5.82 Å². The standard InChI is InChI=1S/C16H10BrF2N3/c17-14-7-13(9-2-1-3-21-8-9)15(22-16(14)20)10-4-11(18)6-12(19)5-10/h1-8H,(H2,20,22). The fourth-order valence-electron chi connectivity index (χ4n) is 2.16. The van der Waals surface area contributed by atoms with Gasteiger partial charge in [-0.05, 0) is 40.2 Å². The number of hydrogen-bond donors (Lipinski definition) is 1. The van der Waals surface area contributed by atoms with Crippen LogP contribution >= 0.6 is 15.9 Å². The molecule has 2 heterocycles. The van der Waals surface area contributed by atoms with Crippen LogP contribution in [-0.2, 0) is 0 Å². The van der Waals surface area contributed by atoms with Gasteiger partial charge >= 0.3 is 0 Å². The summed E-state index contributed by atoms with van der Waals surface area (Å²) in [6.45, 7) is 0. The van der Waals surface area contributed by atoms with Gasteiger partial charge in [0.05, 0.1) is 10.2 Å². The van der Waals surface area contributed by atoms with Crippen molar-refractivity contribution in [1.82, 2.24) is 9.97 Å². The van der Waals surface area contributed by atoms with Crippen molar-refractivity contribution in [2.24, 2.45) is 0 Å². The van der Waals surface area contributed by atoms with Crippen molar-refractivity contribution >= 4 is 21.7 Å². The lowest BCUT2D eigenvalue weighted by Crippen LogP contribution is -1.98. The van der Waals surface area contributed by atoms with Crippen molar-refractivity contribution in [3.63, 3.8) is 0 Å². The Morgan fingerprint density at radius 2 is 1.73 bits per heavy atom. The first kappa shape index (κ1) is 14.6. The van der Waals surface area contributed by atoms with Crippen LogP contribution in [0.4, 0.5) is 14.6 Å². The van der Waals surface area contributed by atoms with Crippen LogP contribution in [0.15, 0.2) is 53.3 Å². The zero-order valence-electron chi connectivity index (χ0n) is 11.2. The third-order valence-electron chi connectivity index (χ3n) is 3.11. The minimum Gasteiger partial charge on any atom is -0.383 e. The molecule has 0 radical (unpaired) electrons. The maximum absolute atomic E-state index is 13.5. The number of pyridine rings is 2. The molecular weight excluding hydrogens is 352 g/mol. The molecule has 0 fully saturated rings. The minimum absolute atomic E-state index is 0.243. The monoisotopic (exact) mass is 361 g/mol. The van der Waals surface area contributed by atoms with Crippen LogP contribution in [0.2, 0.25) is 0 Å². The molecule has 0 aliphatic heterocycles. The van der Waals surface area contributed by atoms with E-state index < -0.39 is 11.6 Å². The number of aromatic nitrogens is 2. The molecule has 0 unspecified atom stereocenters. The van der Waals surface area contributed by atoms with E-state index in [0.717, 1.165) is 11.6 Å². The molecule has 22 heavy (non-hydrogen) atoms. The van der Waals surface area contributed by atoms with Crippen LogP contribution in [0.25, 0.3) is 22.4 Å². The predicted molar refractivity (Wildman–Crippen MR) is 84.9 cm³/mol. The first-order valence-corrected chi connectivity index (χ1v) is 7.17. The smallest absolute Gasteiger partial charge is 0.138 e. The van der Waals surface area contributed by atoms with Gasteiger partial charge in [0.25, 0.3) is 0 Å². The van der Waals surface area contributed by atoms with E-state index in [1.54, 1.807) is 24.5 Å². The fourth-order valence-corrected chi connectivity index (χ4v) is 2.47. The molecular formula is C16H10BrF2N3. The van der Waals surface area contributed by atoms with Crippen molar-refractivity contribution < 1.29 is 8.78 Å². The third kappa shape index (κ3) is 2.82. The summed E-state index contributed by atoms with van der Waals surface area (Å²) in [7, 11) is 0. The summed E-state index contributed by atoms with van der Waals surface area (Å²) in [5.74, 6) is -1.10. The summed E-state index contributed by atoms with van der Waals surface area (Å²) in [5, 5.41) is 0. The highest BCUT2D eigenvalue weighted by atomic mass is 79.9. The second kappa shape index (κ2) is 5.81. The van der Waals surface area contributed by atoms with E-state index >= 15 is 0 Å². The van der Waals surface area contributed by atoms with Gasteiger partial charge in [-0.1, -0.05) is 6.07 Å². The molecule has 0 saturated carbocycles. The van der Waals surface area contributed by atoms with Crippen LogP contribution in [0.3, 0.4) is 0 Å².